The molecule has 98 valence electrons. The van der Waals surface area contributed by atoms with Gasteiger partial charge < -0.3 is 14.8 Å². The van der Waals surface area contributed by atoms with E-state index in [0.29, 0.717) is 26.4 Å². The minimum absolute atomic E-state index is 0.0149. The van der Waals surface area contributed by atoms with Gasteiger partial charge in [0, 0.05) is 6.54 Å². The third-order valence-electron chi connectivity index (χ3n) is 2.57. The number of hydrogen-bond donors (Lipinski definition) is 1. The lowest BCUT2D eigenvalue weighted by Gasteiger charge is -2.23. The Morgan fingerprint density at radius 1 is 1.50 bits per heavy atom. The van der Waals surface area contributed by atoms with Crippen LogP contribution in [0.1, 0.15) is 10.4 Å². The molecule has 1 amide bonds. The lowest BCUT2D eigenvalue weighted by atomic mass is 10.2. The summed E-state index contributed by atoms with van der Waals surface area (Å²) >= 11 is 3.04. The summed E-state index contributed by atoms with van der Waals surface area (Å²) in [6.07, 6.45) is -0.169. The predicted octanol–water partition coefficient (Wildman–Crippen LogP) is 1.73. The van der Waals surface area contributed by atoms with Crippen LogP contribution in [0, 0.1) is 5.82 Å². The highest BCUT2D eigenvalue weighted by Gasteiger charge is 2.18. The SMILES string of the molecule is O=C(NCC1COCCO1)c1cccc(Br)c1F. The van der Waals surface area contributed by atoms with Crippen LogP contribution in [0.15, 0.2) is 22.7 Å². The van der Waals surface area contributed by atoms with Crippen molar-refractivity contribution in [2.45, 2.75) is 6.10 Å². The molecule has 1 aliphatic rings. The molecule has 1 aromatic carbocycles. The quantitative estimate of drug-likeness (QED) is 0.923. The van der Waals surface area contributed by atoms with Gasteiger partial charge in [0.2, 0.25) is 0 Å². The molecule has 1 aliphatic heterocycles. The molecule has 18 heavy (non-hydrogen) atoms. The number of rotatable bonds is 3. The van der Waals surface area contributed by atoms with Crippen LogP contribution in [0.25, 0.3) is 0 Å². The zero-order valence-corrected chi connectivity index (χ0v) is 11.2. The van der Waals surface area contributed by atoms with E-state index in [1.54, 1.807) is 12.1 Å². The smallest absolute Gasteiger partial charge is 0.254 e. The lowest BCUT2D eigenvalue weighted by molar-refractivity contribution is -0.0855. The standard InChI is InChI=1S/C12H13BrFNO3/c13-10-3-1-2-9(11(10)14)12(16)15-6-8-7-17-4-5-18-8/h1-3,8H,4-7H2,(H,15,16). The van der Waals surface area contributed by atoms with E-state index in [4.69, 9.17) is 9.47 Å². The summed E-state index contributed by atoms with van der Waals surface area (Å²) in [5.41, 5.74) is 0.0149. The number of nitrogens with one attached hydrogen (secondary N) is 1. The Morgan fingerprint density at radius 2 is 2.33 bits per heavy atom. The zero-order valence-electron chi connectivity index (χ0n) is 9.62. The Kier molecular flexibility index (Phi) is 4.68. The van der Waals surface area contributed by atoms with Gasteiger partial charge in [0.05, 0.1) is 36.0 Å². The molecule has 1 saturated heterocycles. The molecule has 2 rings (SSSR count). The maximum absolute atomic E-state index is 13.7. The first-order valence-electron chi connectivity index (χ1n) is 5.60. The Bertz CT molecular complexity index is 435. The van der Waals surface area contributed by atoms with Gasteiger partial charge >= 0.3 is 0 Å². The van der Waals surface area contributed by atoms with Crippen molar-refractivity contribution < 1.29 is 18.7 Å². The van der Waals surface area contributed by atoms with E-state index >= 15 is 0 Å². The largest absolute Gasteiger partial charge is 0.376 e. The summed E-state index contributed by atoms with van der Waals surface area (Å²) in [6, 6.07) is 4.60. The molecular formula is C12H13BrFNO3. The van der Waals surface area contributed by atoms with Crippen LogP contribution in [-0.2, 0) is 9.47 Å². The second-order valence-corrected chi connectivity index (χ2v) is 4.73. The van der Waals surface area contributed by atoms with E-state index in [9.17, 15) is 9.18 Å². The van der Waals surface area contributed by atoms with Gasteiger partial charge in [0.25, 0.3) is 5.91 Å². The van der Waals surface area contributed by atoms with E-state index in [0.717, 1.165) is 0 Å². The summed E-state index contributed by atoms with van der Waals surface area (Å²) < 4.78 is 24.5. The molecular weight excluding hydrogens is 305 g/mol. The molecule has 0 aliphatic carbocycles. The molecule has 1 N–H and O–H groups in total. The van der Waals surface area contributed by atoms with E-state index in [-0.39, 0.29) is 16.1 Å². The zero-order chi connectivity index (χ0) is 13.0. The summed E-state index contributed by atoms with van der Waals surface area (Å²) in [5, 5.41) is 2.63. The fourth-order valence-electron chi connectivity index (χ4n) is 1.64. The Morgan fingerprint density at radius 3 is 3.06 bits per heavy atom. The number of ether oxygens (including phenoxy) is 2. The number of carbonyl (C=O) groups is 1. The average molecular weight is 318 g/mol. The van der Waals surface area contributed by atoms with Gasteiger partial charge in [-0.1, -0.05) is 6.07 Å². The van der Waals surface area contributed by atoms with Crippen LogP contribution in [-0.4, -0.2) is 38.4 Å². The highest BCUT2D eigenvalue weighted by atomic mass is 79.9. The molecule has 0 saturated carbocycles. The van der Waals surface area contributed by atoms with Gasteiger partial charge in [-0.15, -0.1) is 0 Å². The highest BCUT2D eigenvalue weighted by molar-refractivity contribution is 9.10. The summed E-state index contributed by atoms with van der Waals surface area (Å²) in [5.74, 6) is -1.02. The van der Waals surface area contributed by atoms with Crippen molar-refractivity contribution in [1.29, 1.82) is 0 Å². The number of amides is 1. The van der Waals surface area contributed by atoms with E-state index in [1.807, 2.05) is 0 Å². The molecule has 6 heteroatoms. The second-order valence-electron chi connectivity index (χ2n) is 3.88. The van der Waals surface area contributed by atoms with Gasteiger partial charge in [-0.05, 0) is 28.1 Å². The molecule has 0 aromatic heterocycles. The Labute approximate surface area is 113 Å². The average Bonchev–Trinajstić information content (AvgIpc) is 2.40. The first kappa shape index (κ1) is 13.5. The van der Waals surface area contributed by atoms with Gasteiger partial charge in [-0.2, -0.15) is 0 Å². The molecule has 0 radical (unpaired) electrons. The topological polar surface area (TPSA) is 47.6 Å². The van der Waals surface area contributed by atoms with E-state index in [2.05, 4.69) is 21.2 Å². The van der Waals surface area contributed by atoms with Crippen molar-refractivity contribution in [3.63, 3.8) is 0 Å². The van der Waals surface area contributed by atoms with Crippen LogP contribution in [0.2, 0.25) is 0 Å². The third-order valence-corrected chi connectivity index (χ3v) is 3.18. The molecule has 0 spiro atoms. The molecule has 0 bridgehead atoms. The normalized spacial score (nSPS) is 19.6. The molecule has 1 unspecified atom stereocenters. The van der Waals surface area contributed by atoms with Gasteiger partial charge in [-0.25, -0.2) is 4.39 Å². The maximum Gasteiger partial charge on any atom is 0.254 e. The van der Waals surface area contributed by atoms with Crippen LogP contribution >= 0.6 is 15.9 Å². The highest BCUT2D eigenvalue weighted by Crippen LogP contribution is 2.18. The van der Waals surface area contributed by atoms with Crippen molar-refractivity contribution in [1.82, 2.24) is 5.32 Å². The minimum atomic E-state index is -0.559. The molecule has 4 nitrogen and oxygen atoms in total. The van der Waals surface area contributed by atoms with Crippen LogP contribution in [0.3, 0.4) is 0 Å². The minimum Gasteiger partial charge on any atom is -0.376 e. The molecule has 1 atom stereocenters. The molecule has 1 fully saturated rings. The number of carbonyl (C=O) groups excluding carboxylic acids is 1. The van der Waals surface area contributed by atoms with Gasteiger partial charge in [0.15, 0.2) is 0 Å². The van der Waals surface area contributed by atoms with Crippen LogP contribution in [0.4, 0.5) is 4.39 Å². The van der Waals surface area contributed by atoms with Crippen molar-refractivity contribution in [2.75, 3.05) is 26.4 Å². The van der Waals surface area contributed by atoms with Crippen LogP contribution in [0.5, 0.6) is 0 Å². The Balaban J connectivity index is 1.93. The molecule has 1 heterocycles. The fraction of sp³-hybridized carbons (Fsp3) is 0.417. The summed E-state index contributed by atoms with van der Waals surface area (Å²) in [4.78, 5) is 11.8. The summed E-state index contributed by atoms with van der Waals surface area (Å²) in [7, 11) is 0. The first-order chi connectivity index (χ1) is 8.68. The van der Waals surface area contributed by atoms with E-state index < -0.39 is 11.7 Å². The summed E-state index contributed by atoms with van der Waals surface area (Å²) in [6.45, 7) is 1.85. The third kappa shape index (κ3) is 3.28. The van der Waals surface area contributed by atoms with Crippen molar-refractivity contribution in [2.24, 2.45) is 0 Å². The van der Waals surface area contributed by atoms with Crippen molar-refractivity contribution >= 4 is 21.8 Å². The first-order valence-corrected chi connectivity index (χ1v) is 6.39. The fourth-order valence-corrected chi connectivity index (χ4v) is 2.00. The number of halogens is 2. The van der Waals surface area contributed by atoms with Crippen molar-refractivity contribution in [3.8, 4) is 0 Å². The molecule has 1 aromatic rings. The predicted molar refractivity (Wildman–Crippen MR) is 67.0 cm³/mol. The lowest BCUT2D eigenvalue weighted by Crippen LogP contribution is -2.39. The van der Waals surface area contributed by atoms with Gasteiger partial charge in [0.1, 0.15) is 5.82 Å². The maximum atomic E-state index is 13.7. The Hall–Kier alpha value is -0.980. The van der Waals surface area contributed by atoms with Crippen molar-refractivity contribution in [3.05, 3.63) is 34.1 Å². The van der Waals surface area contributed by atoms with Gasteiger partial charge in [-0.3, -0.25) is 4.79 Å². The number of benzene rings is 1. The van der Waals surface area contributed by atoms with Crippen LogP contribution < -0.4 is 5.32 Å². The van der Waals surface area contributed by atoms with E-state index in [1.165, 1.54) is 6.07 Å². The number of hydrogen-bond acceptors (Lipinski definition) is 3. The monoisotopic (exact) mass is 317 g/mol. The second kappa shape index (κ2) is 6.26.